The van der Waals surface area contributed by atoms with Gasteiger partial charge in [-0.3, -0.25) is 0 Å². The van der Waals surface area contributed by atoms with Gasteiger partial charge in [-0.05, 0) is 11.9 Å². The van der Waals surface area contributed by atoms with Gasteiger partial charge in [-0.1, -0.05) is 0 Å². The molecular formula is C10H11N4+. The third kappa shape index (κ3) is 1.46. The molecule has 2 rings (SSSR count). The molecular weight excluding hydrogens is 176 g/mol. The molecule has 0 fully saturated rings. The summed E-state index contributed by atoms with van der Waals surface area (Å²) in [6.45, 7) is 1.98. The lowest BCUT2D eigenvalue weighted by Crippen LogP contribution is -2.31. The zero-order valence-corrected chi connectivity index (χ0v) is 8.18. The van der Waals surface area contributed by atoms with E-state index in [0.29, 0.717) is 0 Å². The number of aromatic nitrogens is 4. The van der Waals surface area contributed by atoms with Gasteiger partial charge in [0.25, 0.3) is 0 Å². The summed E-state index contributed by atoms with van der Waals surface area (Å²) in [4.78, 5) is 12.4. The van der Waals surface area contributed by atoms with E-state index in [2.05, 4.69) is 15.0 Å². The normalized spacial score (nSPS) is 10.1. The quantitative estimate of drug-likeness (QED) is 0.616. The molecule has 4 nitrogen and oxygen atoms in total. The van der Waals surface area contributed by atoms with Crippen molar-refractivity contribution in [3.8, 4) is 11.5 Å². The van der Waals surface area contributed by atoms with Crippen LogP contribution in [0.5, 0.6) is 0 Å². The Labute approximate surface area is 82.3 Å². The van der Waals surface area contributed by atoms with Crippen molar-refractivity contribution in [2.75, 3.05) is 0 Å². The van der Waals surface area contributed by atoms with Crippen molar-refractivity contribution in [3.63, 3.8) is 0 Å². The minimum atomic E-state index is 0.854. The third-order valence-electron chi connectivity index (χ3n) is 2.03. The van der Waals surface area contributed by atoms with E-state index < -0.39 is 0 Å². The summed E-state index contributed by atoms with van der Waals surface area (Å²) < 4.78 is 1.94. The fourth-order valence-electron chi connectivity index (χ4n) is 1.30. The van der Waals surface area contributed by atoms with Crippen LogP contribution in [0.2, 0.25) is 0 Å². The van der Waals surface area contributed by atoms with Crippen LogP contribution in [-0.2, 0) is 7.05 Å². The molecule has 0 spiro atoms. The summed E-state index contributed by atoms with van der Waals surface area (Å²) in [5, 5.41) is 0. The summed E-state index contributed by atoms with van der Waals surface area (Å²) in [5.74, 6) is 0.854. The van der Waals surface area contributed by atoms with Gasteiger partial charge in [0.2, 0.25) is 0 Å². The van der Waals surface area contributed by atoms with Crippen molar-refractivity contribution in [2.24, 2.45) is 7.05 Å². The van der Waals surface area contributed by atoms with Crippen molar-refractivity contribution in [1.82, 2.24) is 15.0 Å². The predicted octanol–water partition coefficient (Wildman–Crippen LogP) is 0.672. The molecule has 0 aliphatic heterocycles. The van der Waals surface area contributed by atoms with E-state index in [1.54, 1.807) is 12.4 Å². The lowest BCUT2D eigenvalue weighted by atomic mass is 10.2. The van der Waals surface area contributed by atoms with Crippen molar-refractivity contribution < 1.29 is 4.57 Å². The second-order valence-electron chi connectivity index (χ2n) is 3.11. The zero-order chi connectivity index (χ0) is 9.97. The highest BCUT2D eigenvalue weighted by Crippen LogP contribution is 2.11. The van der Waals surface area contributed by atoms with Crippen molar-refractivity contribution in [1.29, 1.82) is 0 Å². The first-order valence-electron chi connectivity index (χ1n) is 4.36. The Hall–Kier alpha value is -1.84. The molecule has 2 aromatic rings. The van der Waals surface area contributed by atoms with Crippen LogP contribution in [0, 0.1) is 6.92 Å². The number of rotatable bonds is 1. The molecule has 0 saturated heterocycles. The molecule has 0 radical (unpaired) electrons. The molecule has 0 N–H and O–H groups in total. The lowest BCUT2D eigenvalue weighted by Gasteiger charge is -1.99. The molecule has 14 heavy (non-hydrogen) atoms. The molecule has 2 aromatic heterocycles. The van der Waals surface area contributed by atoms with Crippen LogP contribution in [-0.4, -0.2) is 15.0 Å². The average Bonchev–Trinajstić information content (AvgIpc) is 2.20. The van der Waals surface area contributed by atoms with Crippen LogP contribution in [0.25, 0.3) is 11.5 Å². The van der Waals surface area contributed by atoms with E-state index in [4.69, 9.17) is 0 Å². The molecule has 0 bridgehead atoms. The molecule has 2 heterocycles. The summed E-state index contributed by atoms with van der Waals surface area (Å²) in [6, 6.07) is 1.89. The maximum absolute atomic E-state index is 4.28. The van der Waals surface area contributed by atoms with Gasteiger partial charge < -0.3 is 0 Å². The molecule has 0 aliphatic rings. The van der Waals surface area contributed by atoms with Crippen LogP contribution in [0.1, 0.15) is 5.56 Å². The first-order chi connectivity index (χ1) is 6.79. The molecule has 4 heteroatoms. The molecule has 0 saturated carbocycles. The van der Waals surface area contributed by atoms with Crippen molar-refractivity contribution in [2.45, 2.75) is 6.92 Å². The zero-order valence-electron chi connectivity index (χ0n) is 8.18. The van der Waals surface area contributed by atoms with E-state index >= 15 is 0 Å². The number of aryl methyl sites for hydroxylation is 2. The first-order valence-corrected chi connectivity index (χ1v) is 4.36. The van der Waals surface area contributed by atoms with Gasteiger partial charge in [0.15, 0.2) is 5.69 Å². The highest BCUT2D eigenvalue weighted by molar-refractivity contribution is 5.49. The Morgan fingerprint density at radius 1 is 1.29 bits per heavy atom. The third-order valence-corrected chi connectivity index (χ3v) is 2.03. The lowest BCUT2D eigenvalue weighted by molar-refractivity contribution is -0.663. The van der Waals surface area contributed by atoms with Gasteiger partial charge in [-0.25, -0.2) is 14.5 Å². The number of hydrogen-bond acceptors (Lipinski definition) is 3. The maximum atomic E-state index is 4.28. The molecule has 0 unspecified atom stereocenters. The van der Waals surface area contributed by atoms with E-state index in [1.165, 1.54) is 6.33 Å². The van der Waals surface area contributed by atoms with Crippen LogP contribution in [0.15, 0.2) is 31.0 Å². The van der Waals surface area contributed by atoms with Gasteiger partial charge in [-0.2, -0.15) is 0 Å². The fourth-order valence-corrected chi connectivity index (χ4v) is 1.30. The van der Waals surface area contributed by atoms with Crippen molar-refractivity contribution in [3.05, 3.63) is 36.5 Å². The maximum Gasteiger partial charge on any atom is 0.348 e. The predicted molar refractivity (Wildman–Crippen MR) is 51.2 cm³/mol. The van der Waals surface area contributed by atoms with Gasteiger partial charge in [0, 0.05) is 17.8 Å². The number of nitrogens with zero attached hydrogens (tertiary/aromatic N) is 4. The van der Waals surface area contributed by atoms with Crippen LogP contribution < -0.4 is 4.57 Å². The Kier molecular flexibility index (Phi) is 2.18. The van der Waals surface area contributed by atoms with Gasteiger partial charge >= 0.3 is 5.82 Å². The second-order valence-corrected chi connectivity index (χ2v) is 3.11. The summed E-state index contributed by atoms with van der Waals surface area (Å²) >= 11 is 0. The standard InChI is InChI=1S/C10H11N4/c1-8-6-11-7-13-9(8)10-12-4-3-5-14(10)2/h3-7H,1-2H3/q+1. The van der Waals surface area contributed by atoms with E-state index in [1.807, 2.05) is 30.8 Å². The highest BCUT2D eigenvalue weighted by atomic mass is 15.0. The van der Waals surface area contributed by atoms with Crippen LogP contribution >= 0.6 is 0 Å². The van der Waals surface area contributed by atoms with Crippen molar-refractivity contribution >= 4 is 0 Å². The van der Waals surface area contributed by atoms with Crippen LogP contribution in [0.3, 0.4) is 0 Å². The van der Waals surface area contributed by atoms with E-state index in [0.717, 1.165) is 17.1 Å². The Morgan fingerprint density at radius 3 is 2.86 bits per heavy atom. The topological polar surface area (TPSA) is 42.6 Å². The van der Waals surface area contributed by atoms with E-state index in [-0.39, 0.29) is 0 Å². The average molecular weight is 187 g/mol. The van der Waals surface area contributed by atoms with Crippen LogP contribution in [0.4, 0.5) is 0 Å². The monoisotopic (exact) mass is 187 g/mol. The Morgan fingerprint density at radius 2 is 2.14 bits per heavy atom. The fraction of sp³-hybridized carbons (Fsp3) is 0.200. The summed E-state index contributed by atoms with van der Waals surface area (Å²) in [6.07, 6.45) is 7.04. The minimum Gasteiger partial charge on any atom is -0.244 e. The Balaban J connectivity index is 2.61. The first kappa shape index (κ1) is 8.74. The molecule has 0 atom stereocenters. The molecule has 70 valence electrons. The summed E-state index contributed by atoms with van der Waals surface area (Å²) in [7, 11) is 1.95. The molecule has 0 aliphatic carbocycles. The Bertz CT molecular complexity index is 410. The molecule has 0 aromatic carbocycles. The van der Waals surface area contributed by atoms with Gasteiger partial charge in [-0.15, -0.1) is 0 Å². The SMILES string of the molecule is Cc1cncnc1-c1nccc[n+]1C. The summed E-state index contributed by atoms with van der Waals surface area (Å²) in [5.41, 5.74) is 1.91. The largest absolute Gasteiger partial charge is 0.348 e. The van der Waals surface area contributed by atoms with E-state index in [9.17, 15) is 0 Å². The van der Waals surface area contributed by atoms with Gasteiger partial charge in [0.05, 0.1) is 13.2 Å². The number of hydrogen-bond donors (Lipinski definition) is 0. The minimum absolute atomic E-state index is 0.854. The smallest absolute Gasteiger partial charge is 0.244 e. The second kappa shape index (κ2) is 3.49. The highest BCUT2D eigenvalue weighted by Gasteiger charge is 2.14. The molecule has 0 amide bonds. The van der Waals surface area contributed by atoms with Gasteiger partial charge in [0.1, 0.15) is 12.5 Å².